The van der Waals surface area contributed by atoms with E-state index in [9.17, 15) is 13.7 Å². The van der Waals surface area contributed by atoms with Gasteiger partial charge in [0.15, 0.2) is 11.5 Å². The number of ether oxygens (including phenoxy) is 2. The van der Waals surface area contributed by atoms with Crippen LogP contribution in [0.15, 0.2) is 52.3 Å². The van der Waals surface area contributed by atoms with Crippen molar-refractivity contribution in [3.8, 4) is 17.6 Å². The number of halogens is 1. The number of benzene rings is 2. The van der Waals surface area contributed by atoms with Gasteiger partial charge >= 0.3 is 0 Å². The minimum atomic E-state index is -3.94. The Hall–Kier alpha value is -2.49. The molecule has 0 radical (unpaired) electrons. The van der Waals surface area contributed by atoms with E-state index < -0.39 is 9.84 Å². The van der Waals surface area contributed by atoms with Gasteiger partial charge in [-0.2, -0.15) is 5.26 Å². The standard InChI is InChI=1S/C20H20ClNO4S/c1-3-4-11-26-19-10-5-15(13-20(19)25-2)12-18(14-22)27(23,24)17-8-6-16(21)7-9-17/h5-10,12-13H,3-4,11H2,1-2H3/b18-12+. The molecule has 0 N–H and O–H groups in total. The molecule has 0 saturated carbocycles. The van der Waals surface area contributed by atoms with Crippen molar-refractivity contribution in [2.24, 2.45) is 0 Å². The minimum Gasteiger partial charge on any atom is -0.493 e. The van der Waals surface area contributed by atoms with Gasteiger partial charge in [0.25, 0.3) is 0 Å². The summed E-state index contributed by atoms with van der Waals surface area (Å²) in [5, 5.41) is 9.80. The second kappa shape index (κ2) is 9.45. The Bertz CT molecular complexity index is 960. The molecular weight excluding hydrogens is 386 g/mol. The summed E-state index contributed by atoms with van der Waals surface area (Å²) in [4.78, 5) is -0.363. The van der Waals surface area contributed by atoms with Crippen LogP contribution in [0.3, 0.4) is 0 Å². The molecule has 0 heterocycles. The van der Waals surface area contributed by atoms with Crippen LogP contribution in [0.1, 0.15) is 25.3 Å². The van der Waals surface area contributed by atoms with Crippen LogP contribution in [0.4, 0.5) is 0 Å². The molecule has 0 spiro atoms. The maximum atomic E-state index is 12.7. The second-order valence-electron chi connectivity index (χ2n) is 5.69. The van der Waals surface area contributed by atoms with E-state index in [2.05, 4.69) is 6.92 Å². The summed E-state index contributed by atoms with van der Waals surface area (Å²) in [6.45, 7) is 2.63. The average Bonchev–Trinajstić information content (AvgIpc) is 2.67. The minimum absolute atomic E-state index is 0.00573. The van der Waals surface area contributed by atoms with Gasteiger partial charge in [0.2, 0.25) is 9.84 Å². The van der Waals surface area contributed by atoms with E-state index in [0.29, 0.717) is 28.7 Å². The number of nitriles is 1. The van der Waals surface area contributed by atoms with E-state index in [-0.39, 0.29) is 9.80 Å². The van der Waals surface area contributed by atoms with Crippen LogP contribution in [0, 0.1) is 11.3 Å². The first kappa shape index (κ1) is 20.8. The number of unbranched alkanes of at least 4 members (excludes halogenated alkanes) is 1. The molecule has 2 aromatic rings. The SMILES string of the molecule is CCCCOc1ccc(/C=C(\C#N)S(=O)(=O)c2ccc(Cl)cc2)cc1OC. The van der Waals surface area contributed by atoms with Crippen LogP contribution in [-0.2, 0) is 9.84 Å². The fourth-order valence-electron chi connectivity index (χ4n) is 2.28. The Morgan fingerprint density at radius 3 is 2.48 bits per heavy atom. The zero-order valence-corrected chi connectivity index (χ0v) is 16.7. The highest BCUT2D eigenvalue weighted by molar-refractivity contribution is 7.95. The van der Waals surface area contributed by atoms with Gasteiger partial charge in [-0.1, -0.05) is 31.0 Å². The van der Waals surface area contributed by atoms with Crippen molar-refractivity contribution < 1.29 is 17.9 Å². The summed E-state index contributed by atoms with van der Waals surface area (Å²) in [7, 11) is -2.44. The van der Waals surface area contributed by atoms with E-state index in [0.717, 1.165) is 12.8 Å². The molecule has 2 rings (SSSR count). The number of methoxy groups -OCH3 is 1. The van der Waals surface area contributed by atoms with E-state index >= 15 is 0 Å². The third kappa shape index (κ3) is 5.25. The van der Waals surface area contributed by atoms with Crippen LogP contribution in [-0.4, -0.2) is 22.1 Å². The molecule has 0 saturated heterocycles. The first-order valence-corrected chi connectivity index (χ1v) is 10.2. The fraction of sp³-hybridized carbons (Fsp3) is 0.250. The Kier molecular flexibility index (Phi) is 7.28. The predicted octanol–water partition coefficient (Wildman–Crippen LogP) is 4.87. The lowest BCUT2D eigenvalue weighted by atomic mass is 10.2. The van der Waals surface area contributed by atoms with Gasteiger partial charge in [0.05, 0.1) is 18.6 Å². The molecule has 0 atom stereocenters. The lowest BCUT2D eigenvalue weighted by molar-refractivity contribution is 0.288. The lowest BCUT2D eigenvalue weighted by Crippen LogP contribution is -2.03. The Balaban J connectivity index is 2.37. The molecule has 27 heavy (non-hydrogen) atoms. The maximum absolute atomic E-state index is 12.7. The van der Waals surface area contributed by atoms with E-state index in [1.807, 2.05) is 0 Å². The third-order valence-corrected chi connectivity index (χ3v) is 5.70. The Labute approximate surface area is 164 Å². The van der Waals surface area contributed by atoms with Gasteiger partial charge in [0.1, 0.15) is 11.0 Å². The zero-order chi connectivity index (χ0) is 19.9. The van der Waals surface area contributed by atoms with Gasteiger partial charge in [-0.25, -0.2) is 8.42 Å². The van der Waals surface area contributed by atoms with Crippen LogP contribution in [0.5, 0.6) is 11.5 Å². The van der Waals surface area contributed by atoms with Crippen molar-refractivity contribution in [2.75, 3.05) is 13.7 Å². The molecular formula is C20H20ClNO4S. The van der Waals surface area contributed by atoms with Crippen LogP contribution in [0.2, 0.25) is 5.02 Å². The van der Waals surface area contributed by atoms with Crippen molar-refractivity contribution in [3.05, 3.63) is 58.0 Å². The van der Waals surface area contributed by atoms with Crippen molar-refractivity contribution in [1.82, 2.24) is 0 Å². The molecule has 0 aliphatic rings. The maximum Gasteiger partial charge on any atom is 0.216 e. The molecule has 0 aliphatic heterocycles. The Morgan fingerprint density at radius 1 is 1.19 bits per heavy atom. The van der Waals surface area contributed by atoms with Crippen molar-refractivity contribution in [2.45, 2.75) is 24.7 Å². The highest BCUT2D eigenvalue weighted by Gasteiger charge is 2.21. The first-order chi connectivity index (χ1) is 12.9. The second-order valence-corrected chi connectivity index (χ2v) is 8.04. The number of sulfone groups is 1. The van der Waals surface area contributed by atoms with E-state index in [1.54, 1.807) is 24.3 Å². The van der Waals surface area contributed by atoms with Crippen molar-refractivity contribution >= 4 is 27.5 Å². The summed E-state index contributed by atoms with van der Waals surface area (Å²) in [5.74, 6) is 1.04. The quantitative estimate of drug-likeness (QED) is 0.462. The predicted molar refractivity (Wildman–Crippen MR) is 106 cm³/mol. The van der Waals surface area contributed by atoms with Gasteiger partial charge in [-0.05, 0) is 54.5 Å². The molecule has 0 aromatic heterocycles. The summed E-state index contributed by atoms with van der Waals surface area (Å²) in [5.41, 5.74) is 0.517. The molecule has 0 amide bonds. The number of allylic oxidation sites excluding steroid dienone is 1. The molecule has 0 aliphatic carbocycles. The van der Waals surface area contributed by atoms with Crippen molar-refractivity contribution in [1.29, 1.82) is 5.26 Å². The molecule has 7 heteroatoms. The highest BCUT2D eigenvalue weighted by Crippen LogP contribution is 2.30. The largest absolute Gasteiger partial charge is 0.493 e. The molecule has 142 valence electrons. The zero-order valence-electron chi connectivity index (χ0n) is 15.1. The van der Waals surface area contributed by atoms with E-state index in [1.165, 1.54) is 37.5 Å². The van der Waals surface area contributed by atoms with Crippen LogP contribution in [0.25, 0.3) is 6.08 Å². The Morgan fingerprint density at radius 2 is 1.89 bits per heavy atom. The summed E-state index contributed by atoms with van der Waals surface area (Å²) >= 11 is 5.80. The molecule has 0 bridgehead atoms. The number of rotatable bonds is 8. The topological polar surface area (TPSA) is 76.4 Å². The summed E-state index contributed by atoms with van der Waals surface area (Å²) in [6.07, 6.45) is 3.24. The molecule has 0 unspecified atom stereocenters. The monoisotopic (exact) mass is 405 g/mol. The number of hydrogen-bond acceptors (Lipinski definition) is 5. The van der Waals surface area contributed by atoms with Gasteiger partial charge in [-0.15, -0.1) is 0 Å². The highest BCUT2D eigenvalue weighted by atomic mass is 35.5. The number of hydrogen-bond donors (Lipinski definition) is 0. The van der Waals surface area contributed by atoms with Crippen LogP contribution < -0.4 is 9.47 Å². The van der Waals surface area contributed by atoms with Crippen molar-refractivity contribution in [3.63, 3.8) is 0 Å². The first-order valence-electron chi connectivity index (χ1n) is 8.35. The van der Waals surface area contributed by atoms with E-state index in [4.69, 9.17) is 21.1 Å². The number of nitrogens with zero attached hydrogens (tertiary/aromatic N) is 1. The van der Waals surface area contributed by atoms with Crippen LogP contribution >= 0.6 is 11.6 Å². The average molecular weight is 406 g/mol. The fourth-order valence-corrected chi connectivity index (χ4v) is 3.57. The molecule has 0 fully saturated rings. The van der Waals surface area contributed by atoms with Gasteiger partial charge in [-0.3, -0.25) is 0 Å². The molecule has 2 aromatic carbocycles. The normalized spacial score (nSPS) is 11.7. The lowest BCUT2D eigenvalue weighted by Gasteiger charge is -2.11. The smallest absolute Gasteiger partial charge is 0.216 e. The summed E-state index contributed by atoms with van der Waals surface area (Å²) in [6, 6.07) is 12.5. The third-order valence-electron chi connectivity index (χ3n) is 3.76. The van der Waals surface area contributed by atoms with Gasteiger partial charge < -0.3 is 9.47 Å². The molecule has 5 nitrogen and oxygen atoms in total. The summed E-state index contributed by atoms with van der Waals surface area (Å²) < 4.78 is 36.3. The van der Waals surface area contributed by atoms with Gasteiger partial charge in [0, 0.05) is 5.02 Å².